The van der Waals surface area contributed by atoms with E-state index >= 15 is 0 Å². The van der Waals surface area contributed by atoms with Gasteiger partial charge in [0.25, 0.3) is 0 Å². The van der Waals surface area contributed by atoms with E-state index in [1.54, 1.807) is 0 Å². The molecule has 1 aromatic rings. The largest absolute Gasteiger partial charge is 0.369 e. The molecule has 1 aliphatic carbocycles. The maximum absolute atomic E-state index is 13.0. The third-order valence-electron chi connectivity index (χ3n) is 6.66. The summed E-state index contributed by atoms with van der Waals surface area (Å²) < 4.78 is 0. The number of likely N-dealkylation sites (tertiary alicyclic amines) is 1. The average molecular weight is 356 g/mol. The molecule has 2 saturated heterocycles. The molecule has 1 saturated carbocycles. The van der Waals surface area contributed by atoms with Crippen molar-refractivity contribution in [2.75, 3.05) is 44.2 Å². The minimum atomic E-state index is 0.380. The molecule has 0 aromatic heterocycles. The fourth-order valence-electron chi connectivity index (χ4n) is 5.21. The topological polar surface area (TPSA) is 26.8 Å². The molecule has 0 bridgehead atoms. The van der Waals surface area contributed by atoms with Crippen molar-refractivity contribution in [3.63, 3.8) is 0 Å². The Balaban J connectivity index is 1.30. The van der Waals surface area contributed by atoms with Crippen molar-refractivity contribution in [3.8, 4) is 0 Å². The van der Waals surface area contributed by atoms with Crippen LogP contribution in [-0.4, -0.2) is 61.0 Å². The van der Waals surface area contributed by atoms with Crippen LogP contribution in [0.25, 0.3) is 0 Å². The van der Waals surface area contributed by atoms with Gasteiger partial charge < -0.3 is 9.80 Å². The van der Waals surface area contributed by atoms with Crippen molar-refractivity contribution in [1.29, 1.82) is 0 Å². The highest BCUT2D eigenvalue weighted by Crippen LogP contribution is 2.35. The smallest absolute Gasteiger partial charge is 0.237 e. The molecule has 4 nitrogen and oxygen atoms in total. The lowest BCUT2D eigenvalue weighted by atomic mass is 9.78. The number of hydrogen-bond donors (Lipinski definition) is 0. The van der Waals surface area contributed by atoms with E-state index in [-0.39, 0.29) is 0 Å². The summed E-state index contributed by atoms with van der Waals surface area (Å²) in [6, 6.07) is 9.29. The number of anilines is 1. The van der Waals surface area contributed by atoms with Gasteiger partial charge in [-0.25, -0.2) is 0 Å². The zero-order valence-electron chi connectivity index (χ0n) is 16.2. The van der Waals surface area contributed by atoms with Crippen LogP contribution in [0, 0.1) is 12.8 Å². The number of hydrogen-bond acceptors (Lipinski definition) is 3. The Kier molecular flexibility index (Phi) is 5.49. The highest BCUT2D eigenvalue weighted by Gasteiger charge is 2.36. The van der Waals surface area contributed by atoms with Gasteiger partial charge in [0, 0.05) is 44.5 Å². The number of amides is 1. The number of benzene rings is 1. The number of aryl methyl sites for hydroxylation is 1. The van der Waals surface area contributed by atoms with Crippen LogP contribution in [0.5, 0.6) is 0 Å². The van der Waals surface area contributed by atoms with Gasteiger partial charge in [-0.15, -0.1) is 0 Å². The minimum Gasteiger partial charge on any atom is -0.369 e. The van der Waals surface area contributed by atoms with Gasteiger partial charge in [-0.1, -0.05) is 25.0 Å². The Morgan fingerprint density at radius 2 is 1.77 bits per heavy atom. The van der Waals surface area contributed by atoms with Gasteiger partial charge in [-0.2, -0.15) is 0 Å². The summed E-state index contributed by atoms with van der Waals surface area (Å²) >= 11 is 0. The van der Waals surface area contributed by atoms with Crippen molar-refractivity contribution in [3.05, 3.63) is 29.8 Å². The highest BCUT2D eigenvalue weighted by atomic mass is 16.2. The Morgan fingerprint density at radius 3 is 2.58 bits per heavy atom. The molecule has 2 atom stereocenters. The molecule has 3 fully saturated rings. The molecule has 0 N–H and O–H groups in total. The number of fused-ring (bicyclic) bond motifs is 1. The van der Waals surface area contributed by atoms with Crippen LogP contribution in [0.3, 0.4) is 0 Å². The van der Waals surface area contributed by atoms with E-state index in [1.165, 1.54) is 49.8 Å². The molecule has 4 rings (SSSR count). The molecule has 2 unspecified atom stereocenters. The first-order valence-corrected chi connectivity index (χ1v) is 10.5. The maximum Gasteiger partial charge on any atom is 0.237 e. The monoisotopic (exact) mass is 355 g/mol. The molecule has 4 heteroatoms. The van der Waals surface area contributed by atoms with Crippen LogP contribution in [0.1, 0.15) is 44.1 Å². The summed E-state index contributed by atoms with van der Waals surface area (Å²) in [6.07, 6.45) is 7.78. The van der Waals surface area contributed by atoms with Crippen LogP contribution in [-0.2, 0) is 4.79 Å². The van der Waals surface area contributed by atoms with Gasteiger partial charge in [0.2, 0.25) is 5.91 Å². The quantitative estimate of drug-likeness (QED) is 0.832. The molecular weight excluding hydrogens is 322 g/mol. The zero-order valence-corrected chi connectivity index (χ0v) is 16.2. The summed E-state index contributed by atoms with van der Waals surface area (Å²) in [6.45, 7) is 7.76. The fourth-order valence-corrected chi connectivity index (χ4v) is 5.21. The molecule has 3 aliphatic rings. The Labute approximate surface area is 158 Å². The Bertz CT molecular complexity index is 622. The molecule has 0 spiro atoms. The summed E-state index contributed by atoms with van der Waals surface area (Å²) in [7, 11) is 0. The van der Waals surface area contributed by atoms with Crippen LogP contribution in [0.2, 0.25) is 0 Å². The first-order valence-electron chi connectivity index (χ1n) is 10.5. The molecule has 1 aromatic carbocycles. The van der Waals surface area contributed by atoms with Crippen molar-refractivity contribution < 1.29 is 4.79 Å². The molecule has 0 radical (unpaired) electrons. The second kappa shape index (κ2) is 7.99. The van der Waals surface area contributed by atoms with Crippen molar-refractivity contribution >= 4 is 11.6 Å². The summed E-state index contributed by atoms with van der Waals surface area (Å²) in [5, 5.41) is 0. The van der Waals surface area contributed by atoms with E-state index in [0.29, 0.717) is 18.5 Å². The molecular formula is C22H33N3O. The highest BCUT2D eigenvalue weighted by molar-refractivity contribution is 5.78. The number of carbonyl (C=O) groups is 1. The van der Waals surface area contributed by atoms with Crippen molar-refractivity contribution in [1.82, 2.24) is 9.80 Å². The summed E-state index contributed by atoms with van der Waals surface area (Å²) in [4.78, 5) is 20.1. The first kappa shape index (κ1) is 17.8. The van der Waals surface area contributed by atoms with E-state index in [2.05, 4.69) is 45.9 Å². The van der Waals surface area contributed by atoms with E-state index in [9.17, 15) is 4.79 Å². The van der Waals surface area contributed by atoms with Crippen molar-refractivity contribution in [2.45, 2.75) is 51.5 Å². The summed E-state index contributed by atoms with van der Waals surface area (Å²) in [5.41, 5.74) is 2.63. The maximum atomic E-state index is 13.0. The number of piperazine rings is 1. The lowest BCUT2D eigenvalue weighted by molar-refractivity contribution is -0.138. The van der Waals surface area contributed by atoms with E-state index < -0.39 is 0 Å². The molecule has 142 valence electrons. The zero-order chi connectivity index (χ0) is 17.9. The van der Waals surface area contributed by atoms with Gasteiger partial charge >= 0.3 is 0 Å². The van der Waals surface area contributed by atoms with Crippen molar-refractivity contribution in [2.24, 2.45) is 5.92 Å². The van der Waals surface area contributed by atoms with Gasteiger partial charge in [-0.3, -0.25) is 9.69 Å². The molecule has 2 heterocycles. The fraction of sp³-hybridized carbons (Fsp3) is 0.682. The predicted molar refractivity (Wildman–Crippen MR) is 107 cm³/mol. The average Bonchev–Trinajstić information content (AvgIpc) is 2.68. The van der Waals surface area contributed by atoms with Gasteiger partial charge in [0.05, 0.1) is 6.54 Å². The number of piperidine rings is 1. The van der Waals surface area contributed by atoms with E-state index in [4.69, 9.17) is 0 Å². The predicted octanol–water partition coefficient (Wildman–Crippen LogP) is 3.30. The molecule has 1 amide bonds. The van der Waals surface area contributed by atoms with Gasteiger partial charge in [-0.05, 0) is 56.2 Å². The SMILES string of the molecule is Cc1cccc(N2CCN(CC(=O)N3CCCC4CCCCC43)CC2)c1. The second-order valence-electron chi connectivity index (χ2n) is 8.44. The lowest BCUT2D eigenvalue weighted by Gasteiger charge is -2.45. The molecule has 26 heavy (non-hydrogen) atoms. The third kappa shape index (κ3) is 3.90. The van der Waals surface area contributed by atoms with Crippen LogP contribution in [0.15, 0.2) is 24.3 Å². The summed E-state index contributed by atoms with van der Waals surface area (Å²) in [5.74, 6) is 1.16. The normalized spacial score (nSPS) is 27.3. The second-order valence-corrected chi connectivity index (χ2v) is 8.44. The third-order valence-corrected chi connectivity index (χ3v) is 6.66. The standard InChI is InChI=1S/C22H33N3O/c1-18-6-4-9-20(16-18)24-14-12-23(13-15-24)17-22(26)25-11-5-8-19-7-2-3-10-21(19)25/h4,6,9,16,19,21H,2-3,5,7-8,10-15,17H2,1H3. The van der Waals surface area contributed by atoms with Gasteiger partial charge in [0.15, 0.2) is 0 Å². The number of rotatable bonds is 3. The first-order chi connectivity index (χ1) is 12.7. The van der Waals surface area contributed by atoms with Crippen LogP contribution < -0.4 is 4.90 Å². The van der Waals surface area contributed by atoms with Crippen LogP contribution >= 0.6 is 0 Å². The minimum absolute atomic E-state index is 0.380. The van der Waals surface area contributed by atoms with E-state index in [0.717, 1.165) is 38.6 Å². The number of carbonyl (C=O) groups excluding carboxylic acids is 1. The lowest BCUT2D eigenvalue weighted by Crippen LogP contribution is -2.54. The van der Waals surface area contributed by atoms with Gasteiger partial charge in [0.1, 0.15) is 0 Å². The Morgan fingerprint density at radius 1 is 1.00 bits per heavy atom. The van der Waals surface area contributed by atoms with E-state index in [1.807, 2.05) is 0 Å². The van der Waals surface area contributed by atoms with Crippen LogP contribution in [0.4, 0.5) is 5.69 Å². The number of nitrogens with zero attached hydrogens (tertiary/aromatic N) is 3. The molecule has 2 aliphatic heterocycles. The Hall–Kier alpha value is -1.55.